The smallest absolute Gasteiger partial charge is 0.322 e. The van der Waals surface area contributed by atoms with Crippen LogP contribution < -0.4 is 5.32 Å². The summed E-state index contributed by atoms with van der Waals surface area (Å²) in [6, 6.07) is 12.2. The molecule has 6 rings (SSSR count). The third kappa shape index (κ3) is 5.54. The number of benzene rings is 2. The molecule has 2 unspecified atom stereocenters. The minimum atomic E-state index is -0.401. The monoisotopic (exact) mass is 576 g/mol. The van der Waals surface area contributed by atoms with Crippen molar-refractivity contribution < 1.29 is 15.8 Å². The summed E-state index contributed by atoms with van der Waals surface area (Å²) < 4.78 is 0. The minimum Gasteiger partial charge on any atom is -0.342 e. The van der Waals surface area contributed by atoms with Crippen LogP contribution in [0.1, 0.15) is 63.0 Å². The van der Waals surface area contributed by atoms with Crippen molar-refractivity contribution in [2.75, 3.05) is 25.0 Å². The van der Waals surface area contributed by atoms with Gasteiger partial charge in [0, 0.05) is 51.1 Å². The van der Waals surface area contributed by atoms with Crippen LogP contribution in [0, 0.1) is 12.8 Å². The zero-order chi connectivity index (χ0) is 28.7. The standard InChI is InChI=1S/C31H38N6O3S.H2/c1-19(2)8-13-36-29(39)26(41-30(36)22-14-20(3)28-23(15-22)17-32-34-28)16-27(38)35-11-9-24(10-12-35)37-18-21-6-4-5-7-25(21)33-31(37)40;/h4-7,14-15,17,19,24,26,30H,8-13,16,18H2,1-3H3,(H,32,34)(H,33,40);1H. The fourth-order valence-electron chi connectivity index (χ4n) is 6.25. The average Bonchev–Trinajstić information content (AvgIpc) is 3.56. The van der Waals surface area contributed by atoms with Gasteiger partial charge < -0.3 is 20.0 Å². The maximum absolute atomic E-state index is 13.7. The van der Waals surface area contributed by atoms with Gasteiger partial charge in [-0.1, -0.05) is 38.1 Å². The molecule has 3 aliphatic rings. The summed E-state index contributed by atoms with van der Waals surface area (Å²) in [5.41, 5.74) is 5.18. The third-order valence-electron chi connectivity index (χ3n) is 8.61. The fourth-order valence-corrected chi connectivity index (χ4v) is 7.70. The first-order valence-corrected chi connectivity index (χ1v) is 15.6. The number of aryl methyl sites for hydroxylation is 1. The Balaban J connectivity index is 0.00000353. The van der Waals surface area contributed by atoms with Crippen molar-refractivity contribution >= 4 is 46.2 Å². The Hall–Kier alpha value is -3.53. The van der Waals surface area contributed by atoms with Crippen molar-refractivity contribution in [1.82, 2.24) is 24.9 Å². The molecule has 2 fully saturated rings. The maximum Gasteiger partial charge on any atom is 0.322 e. The Labute approximate surface area is 246 Å². The van der Waals surface area contributed by atoms with Gasteiger partial charge in [0.05, 0.1) is 17.0 Å². The van der Waals surface area contributed by atoms with Crippen LogP contribution in [0.2, 0.25) is 0 Å². The molecule has 0 bridgehead atoms. The first-order chi connectivity index (χ1) is 19.8. The molecule has 41 heavy (non-hydrogen) atoms. The lowest BCUT2D eigenvalue weighted by molar-refractivity contribution is -0.137. The van der Waals surface area contributed by atoms with Crippen LogP contribution in [-0.4, -0.2) is 73.7 Å². The summed E-state index contributed by atoms with van der Waals surface area (Å²) in [6.45, 7) is 8.84. The van der Waals surface area contributed by atoms with Crippen LogP contribution in [0.15, 0.2) is 42.6 Å². The summed E-state index contributed by atoms with van der Waals surface area (Å²) in [6.07, 6.45) is 4.41. The second-order valence-corrected chi connectivity index (χ2v) is 13.2. The molecule has 2 aromatic carbocycles. The van der Waals surface area contributed by atoms with E-state index in [2.05, 4.69) is 48.4 Å². The zero-order valence-corrected chi connectivity index (χ0v) is 24.7. The minimum absolute atomic E-state index is 0. The van der Waals surface area contributed by atoms with Crippen molar-refractivity contribution in [1.29, 1.82) is 0 Å². The number of aromatic nitrogens is 2. The Kier molecular flexibility index (Phi) is 7.68. The van der Waals surface area contributed by atoms with Gasteiger partial charge in [0.15, 0.2) is 0 Å². The van der Waals surface area contributed by atoms with Crippen LogP contribution in [0.3, 0.4) is 0 Å². The second-order valence-electron chi connectivity index (χ2n) is 11.9. The normalized spacial score (nSPS) is 21.6. The Morgan fingerprint density at radius 2 is 1.95 bits per heavy atom. The van der Waals surface area contributed by atoms with Gasteiger partial charge >= 0.3 is 6.03 Å². The maximum atomic E-state index is 13.7. The summed E-state index contributed by atoms with van der Waals surface area (Å²) in [4.78, 5) is 45.7. The van der Waals surface area contributed by atoms with Gasteiger partial charge in [0.1, 0.15) is 5.37 Å². The van der Waals surface area contributed by atoms with E-state index >= 15 is 0 Å². The number of carbonyl (C=O) groups is 3. The molecule has 3 aromatic rings. The molecule has 0 saturated carbocycles. The Morgan fingerprint density at radius 1 is 1.17 bits per heavy atom. The molecule has 218 valence electrons. The molecule has 10 heteroatoms. The predicted molar refractivity (Wildman–Crippen MR) is 163 cm³/mol. The number of carbonyl (C=O) groups excluding carboxylic acids is 3. The van der Waals surface area contributed by atoms with Gasteiger partial charge in [-0.05, 0) is 60.9 Å². The summed E-state index contributed by atoms with van der Waals surface area (Å²) in [5.74, 6) is 0.551. The molecule has 0 radical (unpaired) electrons. The van der Waals surface area contributed by atoms with Gasteiger partial charge in [-0.25, -0.2) is 4.79 Å². The number of fused-ring (bicyclic) bond motifs is 2. The molecule has 4 heterocycles. The topological polar surface area (TPSA) is 102 Å². The van der Waals surface area contributed by atoms with Crippen molar-refractivity contribution in [3.05, 3.63) is 59.3 Å². The first kappa shape index (κ1) is 27.6. The molecule has 4 amide bonds. The number of aromatic amines is 1. The number of para-hydroxylation sites is 1. The van der Waals surface area contributed by atoms with Crippen molar-refractivity contribution in [3.8, 4) is 0 Å². The van der Waals surface area contributed by atoms with E-state index in [-0.39, 0.29) is 37.1 Å². The highest BCUT2D eigenvalue weighted by atomic mass is 32.2. The largest absolute Gasteiger partial charge is 0.342 e. The lowest BCUT2D eigenvalue weighted by Gasteiger charge is -2.40. The van der Waals surface area contributed by atoms with E-state index < -0.39 is 5.25 Å². The molecule has 1 aromatic heterocycles. The van der Waals surface area contributed by atoms with Crippen molar-refractivity contribution in [2.24, 2.45) is 5.92 Å². The molecular formula is C31H40N6O3S. The number of likely N-dealkylation sites (tertiary alicyclic amines) is 1. The fraction of sp³-hybridized carbons (Fsp3) is 0.484. The van der Waals surface area contributed by atoms with Crippen LogP contribution in [0.4, 0.5) is 10.5 Å². The number of hydrogen-bond acceptors (Lipinski definition) is 5. The zero-order valence-electron chi connectivity index (χ0n) is 23.9. The highest BCUT2D eigenvalue weighted by Crippen LogP contribution is 2.45. The van der Waals surface area contributed by atoms with E-state index in [4.69, 9.17) is 0 Å². The van der Waals surface area contributed by atoms with E-state index in [1.807, 2.05) is 45.2 Å². The second kappa shape index (κ2) is 11.4. The number of nitrogens with one attached hydrogen (secondary N) is 2. The number of rotatable bonds is 7. The first-order valence-electron chi connectivity index (χ1n) is 14.6. The highest BCUT2D eigenvalue weighted by Gasteiger charge is 2.43. The number of piperidine rings is 1. The Morgan fingerprint density at radius 3 is 2.73 bits per heavy atom. The summed E-state index contributed by atoms with van der Waals surface area (Å²) in [5, 5.41) is 10.8. The van der Waals surface area contributed by atoms with Crippen LogP contribution >= 0.6 is 11.8 Å². The number of amides is 4. The van der Waals surface area contributed by atoms with E-state index in [9.17, 15) is 14.4 Å². The average molecular weight is 577 g/mol. The lowest BCUT2D eigenvalue weighted by Crippen LogP contribution is -2.51. The summed E-state index contributed by atoms with van der Waals surface area (Å²) in [7, 11) is 0. The van der Waals surface area contributed by atoms with Gasteiger partial charge in [0.25, 0.3) is 0 Å². The molecule has 2 saturated heterocycles. The van der Waals surface area contributed by atoms with Gasteiger partial charge in [-0.2, -0.15) is 5.10 Å². The molecule has 3 aliphatic heterocycles. The quantitative estimate of drug-likeness (QED) is 0.385. The Bertz CT molecular complexity index is 1470. The number of nitrogens with zero attached hydrogens (tertiary/aromatic N) is 4. The summed E-state index contributed by atoms with van der Waals surface area (Å²) >= 11 is 1.60. The van der Waals surface area contributed by atoms with Gasteiger partial charge in [0.2, 0.25) is 11.8 Å². The third-order valence-corrected chi connectivity index (χ3v) is 10.1. The van der Waals surface area contributed by atoms with E-state index in [1.165, 1.54) is 0 Å². The molecule has 2 atom stereocenters. The van der Waals surface area contributed by atoms with E-state index in [1.54, 1.807) is 11.8 Å². The molecule has 0 spiro atoms. The van der Waals surface area contributed by atoms with Crippen molar-refractivity contribution in [3.63, 3.8) is 0 Å². The van der Waals surface area contributed by atoms with Crippen molar-refractivity contribution in [2.45, 2.75) is 69.7 Å². The van der Waals surface area contributed by atoms with E-state index in [0.29, 0.717) is 32.1 Å². The number of hydrogen-bond donors (Lipinski definition) is 2. The lowest BCUT2D eigenvalue weighted by atomic mass is 10.0. The van der Waals surface area contributed by atoms with Crippen LogP contribution in [0.5, 0.6) is 0 Å². The predicted octanol–water partition coefficient (Wildman–Crippen LogP) is 5.53. The van der Waals surface area contributed by atoms with E-state index in [0.717, 1.165) is 52.5 Å². The molecule has 0 aliphatic carbocycles. The van der Waals surface area contributed by atoms with Gasteiger partial charge in [-0.3, -0.25) is 14.7 Å². The molecule has 2 N–H and O–H groups in total. The molecular weight excluding hydrogens is 536 g/mol. The number of thioether (sulfide) groups is 1. The highest BCUT2D eigenvalue weighted by molar-refractivity contribution is 8.01. The SMILES string of the molecule is Cc1cc(C2SC(CC(=O)N3CCC(N4Cc5ccccc5NC4=O)CC3)C(=O)N2CCC(C)C)cc2cn[nH]c12.[HH]. The number of urea groups is 1. The molecule has 9 nitrogen and oxygen atoms in total. The van der Waals surface area contributed by atoms with Crippen LogP contribution in [0.25, 0.3) is 10.9 Å². The van der Waals surface area contributed by atoms with Gasteiger partial charge in [-0.15, -0.1) is 11.8 Å². The number of anilines is 1. The van der Waals surface area contributed by atoms with Crippen LogP contribution in [-0.2, 0) is 16.1 Å². The number of H-pyrrole nitrogens is 1.